The molecule has 3 rings (SSSR count). The van der Waals surface area contributed by atoms with E-state index in [9.17, 15) is 9.18 Å². The molecule has 0 saturated heterocycles. The van der Waals surface area contributed by atoms with Crippen molar-refractivity contribution in [3.05, 3.63) is 72.1 Å². The number of carbonyl (C=O) groups excluding carboxylic acids is 1. The highest BCUT2D eigenvalue weighted by molar-refractivity contribution is 6.04. The van der Waals surface area contributed by atoms with Crippen LogP contribution in [-0.4, -0.2) is 15.9 Å². The Hall–Kier alpha value is -3.28. The summed E-state index contributed by atoms with van der Waals surface area (Å²) in [7, 11) is 0. The minimum Gasteiger partial charge on any atom is -0.397 e. The van der Waals surface area contributed by atoms with Crippen molar-refractivity contribution in [2.45, 2.75) is 26.2 Å². The van der Waals surface area contributed by atoms with Gasteiger partial charge in [0.05, 0.1) is 11.4 Å². The molecule has 0 saturated carbocycles. The van der Waals surface area contributed by atoms with Gasteiger partial charge in [-0.05, 0) is 46.9 Å². The highest BCUT2D eigenvalue weighted by Crippen LogP contribution is 2.27. The van der Waals surface area contributed by atoms with Crippen molar-refractivity contribution < 1.29 is 9.18 Å². The molecule has 0 atom stereocenters. The van der Waals surface area contributed by atoms with Crippen LogP contribution in [0.3, 0.4) is 0 Å². The minimum absolute atomic E-state index is 0.0377. The fourth-order valence-electron chi connectivity index (χ4n) is 2.55. The van der Waals surface area contributed by atoms with E-state index in [2.05, 4.69) is 36.1 Å². The standard InChI is InChI=1S/C21H21FN4O/c1-21(2,3)15-6-8-17(24-12-15)20(27)26-18-10-13(4-7-16(18)23)14-5-9-19(22)25-11-14/h4-12H,23H2,1-3H3,(H,26,27). The topological polar surface area (TPSA) is 80.9 Å². The van der Waals surface area contributed by atoms with E-state index in [1.807, 2.05) is 6.07 Å². The predicted molar refractivity (Wildman–Crippen MR) is 105 cm³/mol. The van der Waals surface area contributed by atoms with E-state index in [1.54, 1.807) is 36.5 Å². The number of nitrogens with zero attached hydrogens (tertiary/aromatic N) is 2. The van der Waals surface area contributed by atoms with Crippen molar-refractivity contribution in [3.8, 4) is 11.1 Å². The molecular formula is C21H21FN4O. The van der Waals surface area contributed by atoms with Gasteiger partial charge in [0.1, 0.15) is 5.69 Å². The number of anilines is 2. The first kappa shape index (κ1) is 18.5. The summed E-state index contributed by atoms with van der Waals surface area (Å²) in [5.41, 5.74) is 9.67. The Morgan fingerprint density at radius 1 is 1.00 bits per heavy atom. The Balaban J connectivity index is 1.83. The second-order valence-corrected chi connectivity index (χ2v) is 7.31. The van der Waals surface area contributed by atoms with Crippen molar-refractivity contribution >= 4 is 17.3 Å². The van der Waals surface area contributed by atoms with Gasteiger partial charge in [-0.15, -0.1) is 0 Å². The largest absolute Gasteiger partial charge is 0.397 e. The maximum absolute atomic E-state index is 13.0. The first-order valence-corrected chi connectivity index (χ1v) is 8.53. The number of nitrogen functional groups attached to an aromatic ring is 1. The van der Waals surface area contributed by atoms with Crippen LogP contribution in [-0.2, 0) is 5.41 Å². The third-order valence-corrected chi connectivity index (χ3v) is 4.22. The number of nitrogens with one attached hydrogen (secondary N) is 1. The Morgan fingerprint density at radius 3 is 2.33 bits per heavy atom. The van der Waals surface area contributed by atoms with E-state index in [4.69, 9.17) is 5.73 Å². The molecule has 0 aliphatic carbocycles. The Morgan fingerprint density at radius 2 is 1.74 bits per heavy atom. The quantitative estimate of drug-likeness (QED) is 0.533. The number of pyridine rings is 2. The number of amides is 1. The molecule has 3 N–H and O–H groups in total. The molecule has 0 radical (unpaired) electrons. The van der Waals surface area contributed by atoms with E-state index in [0.29, 0.717) is 17.1 Å². The SMILES string of the molecule is CC(C)(C)c1ccc(C(=O)Nc2cc(-c3ccc(F)nc3)ccc2N)nc1. The van der Waals surface area contributed by atoms with Crippen LogP contribution in [0.25, 0.3) is 11.1 Å². The molecule has 0 bridgehead atoms. The lowest BCUT2D eigenvalue weighted by molar-refractivity contribution is 0.102. The average molecular weight is 364 g/mol. The zero-order valence-electron chi connectivity index (χ0n) is 15.5. The van der Waals surface area contributed by atoms with Gasteiger partial charge in [-0.25, -0.2) is 4.98 Å². The normalized spacial score (nSPS) is 11.3. The fourth-order valence-corrected chi connectivity index (χ4v) is 2.55. The lowest BCUT2D eigenvalue weighted by Crippen LogP contribution is -2.17. The van der Waals surface area contributed by atoms with Crippen LogP contribution < -0.4 is 11.1 Å². The van der Waals surface area contributed by atoms with Gasteiger partial charge in [0.25, 0.3) is 5.91 Å². The van der Waals surface area contributed by atoms with E-state index < -0.39 is 5.95 Å². The number of nitrogens with two attached hydrogens (primary N) is 1. The van der Waals surface area contributed by atoms with Gasteiger partial charge in [-0.1, -0.05) is 32.9 Å². The minimum atomic E-state index is -0.549. The lowest BCUT2D eigenvalue weighted by Gasteiger charge is -2.18. The molecule has 5 nitrogen and oxygen atoms in total. The van der Waals surface area contributed by atoms with Gasteiger partial charge in [0.15, 0.2) is 0 Å². The monoisotopic (exact) mass is 364 g/mol. The molecule has 27 heavy (non-hydrogen) atoms. The number of hydrogen-bond acceptors (Lipinski definition) is 4. The van der Waals surface area contributed by atoms with Crippen LogP contribution in [0.5, 0.6) is 0 Å². The zero-order chi connectivity index (χ0) is 19.6. The van der Waals surface area contributed by atoms with Crippen LogP contribution >= 0.6 is 0 Å². The molecule has 0 aliphatic heterocycles. The van der Waals surface area contributed by atoms with Gasteiger partial charge in [-0.2, -0.15) is 4.39 Å². The molecule has 2 aromatic heterocycles. The summed E-state index contributed by atoms with van der Waals surface area (Å²) >= 11 is 0. The second kappa shape index (κ2) is 7.15. The summed E-state index contributed by atoms with van der Waals surface area (Å²) in [4.78, 5) is 20.4. The van der Waals surface area contributed by atoms with Crippen LogP contribution in [0.4, 0.5) is 15.8 Å². The van der Waals surface area contributed by atoms with Crippen LogP contribution in [0.15, 0.2) is 54.9 Å². The predicted octanol–water partition coefficient (Wildman–Crippen LogP) is 4.41. The number of halogens is 1. The van der Waals surface area contributed by atoms with E-state index >= 15 is 0 Å². The van der Waals surface area contributed by atoms with Gasteiger partial charge in [-0.3, -0.25) is 9.78 Å². The van der Waals surface area contributed by atoms with Crippen molar-refractivity contribution in [1.29, 1.82) is 0 Å². The molecular weight excluding hydrogens is 343 g/mol. The smallest absolute Gasteiger partial charge is 0.274 e. The molecule has 138 valence electrons. The van der Waals surface area contributed by atoms with Crippen molar-refractivity contribution in [1.82, 2.24) is 9.97 Å². The lowest BCUT2D eigenvalue weighted by atomic mass is 9.88. The molecule has 1 aromatic carbocycles. The molecule has 0 aliphatic rings. The molecule has 3 aromatic rings. The number of rotatable bonds is 3. The zero-order valence-corrected chi connectivity index (χ0v) is 15.5. The summed E-state index contributed by atoms with van der Waals surface area (Å²) in [5.74, 6) is -0.899. The Bertz CT molecular complexity index is 961. The third kappa shape index (κ3) is 4.28. The Kier molecular flexibility index (Phi) is 4.90. The molecule has 1 amide bonds. The fraction of sp³-hybridized carbons (Fsp3) is 0.190. The van der Waals surface area contributed by atoms with Gasteiger partial charge < -0.3 is 11.1 Å². The van der Waals surface area contributed by atoms with Crippen molar-refractivity contribution in [3.63, 3.8) is 0 Å². The van der Waals surface area contributed by atoms with Gasteiger partial charge >= 0.3 is 0 Å². The van der Waals surface area contributed by atoms with Crippen LogP contribution in [0.1, 0.15) is 36.8 Å². The second-order valence-electron chi connectivity index (χ2n) is 7.31. The summed E-state index contributed by atoms with van der Waals surface area (Å²) in [6, 6.07) is 11.7. The molecule has 0 fully saturated rings. The first-order valence-electron chi connectivity index (χ1n) is 8.53. The van der Waals surface area contributed by atoms with Crippen molar-refractivity contribution in [2.75, 3.05) is 11.1 Å². The van der Waals surface area contributed by atoms with Gasteiger partial charge in [0, 0.05) is 18.0 Å². The maximum Gasteiger partial charge on any atom is 0.274 e. The first-order chi connectivity index (χ1) is 12.7. The number of benzene rings is 1. The highest BCUT2D eigenvalue weighted by Gasteiger charge is 2.16. The summed E-state index contributed by atoms with van der Waals surface area (Å²) in [6.45, 7) is 6.25. The van der Waals surface area contributed by atoms with Gasteiger partial charge in [0.2, 0.25) is 5.95 Å². The van der Waals surface area contributed by atoms with Crippen LogP contribution in [0, 0.1) is 5.95 Å². The summed E-state index contributed by atoms with van der Waals surface area (Å²) in [6.07, 6.45) is 3.14. The maximum atomic E-state index is 13.0. The molecule has 2 heterocycles. The van der Waals surface area contributed by atoms with E-state index in [1.165, 1.54) is 12.3 Å². The number of hydrogen-bond donors (Lipinski definition) is 2. The summed E-state index contributed by atoms with van der Waals surface area (Å²) in [5, 5.41) is 2.79. The number of carbonyl (C=O) groups is 1. The number of aromatic nitrogens is 2. The molecule has 0 spiro atoms. The Labute approximate surface area is 157 Å². The van der Waals surface area contributed by atoms with E-state index in [0.717, 1.165) is 16.7 Å². The van der Waals surface area contributed by atoms with E-state index in [-0.39, 0.29) is 11.3 Å². The summed E-state index contributed by atoms with van der Waals surface area (Å²) < 4.78 is 13.0. The van der Waals surface area contributed by atoms with Crippen LogP contribution in [0.2, 0.25) is 0 Å². The average Bonchev–Trinajstić information content (AvgIpc) is 2.63. The van der Waals surface area contributed by atoms with Crippen molar-refractivity contribution in [2.24, 2.45) is 0 Å². The molecule has 0 unspecified atom stereocenters. The molecule has 6 heteroatoms. The third-order valence-electron chi connectivity index (χ3n) is 4.22. The highest BCUT2D eigenvalue weighted by atomic mass is 19.1.